The van der Waals surface area contributed by atoms with Crippen LogP contribution < -0.4 is 4.74 Å². The number of halogens is 2. The van der Waals surface area contributed by atoms with E-state index in [1.165, 1.54) is 19.3 Å². The molecule has 2 fully saturated rings. The van der Waals surface area contributed by atoms with Crippen molar-refractivity contribution in [2.45, 2.75) is 96.2 Å². The third kappa shape index (κ3) is 6.34. The van der Waals surface area contributed by atoms with Crippen LogP contribution >= 0.6 is 23.2 Å². The second kappa shape index (κ2) is 13.6. The summed E-state index contributed by atoms with van der Waals surface area (Å²) in [5.41, 5.74) is 1.43. The number of carbonyl (C=O) groups excluding carboxylic acids is 1. The highest BCUT2D eigenvalue weighted by Gasteiger charge is 2.60. The molecule has 0 saturated carbocycles. The number of pyridine rings is 1. The second-order valence-corrected chi connectivity index (χ2v) is 15.6. The molecule has 0 aliphatic carbocycles. The SMILES string of the molecule is CCOc1cc(C(C)(C)C)ncc1C1=N[C@@](C)(c2ccc(Cl)cc2)[C@@](C)(c2ccc(Cl)cc2)N1C(=O)N1CCC(N2CCCCC2)CC1. The molecule has 256 valence electrons. The van der Waals surface area contributed by atoms with Crippen molar-refractivity contribution < 1.29 is 9.53 Å². The van der Waals surface area contributed by atoms with Gasteiger partial charge in [0.2, 0.25) is 0 Å². The van der Waals surface area contributed by atoms with Crippen molar-refractivity contribution in [1.82, 2.24) is 19.7 Å². The van der Waals surface area contributed by atoms with E-state index in [1.54, 1.807) is 0 Å². The molecule has 7 nitrogen and oxygen atoms in total. The van der Waals surface area contributed by atoms with E-state index in [-0.39, 0.29) is 11.4 Å². The number of amides is 2. The van der Waals surface area contributed by atoms with Crippen LogP contribution in [0.2, 0.25) is 10.0 Å². The largest absolute Gasteiger partial charge is 0.493 e. The van der Waals surface area contributed by atoms with Crippen molar-refractivity contribution in [3.05, 3.63) is 93.2 Å². The van der Waals surface area contributed by atoms with E-state index < -0.39 is 11.1 Å². The lowest BCUT2D eigenvalue weighted by molar-refractivity contribution is 0.0755. The molecule has 4 heterocycles. The van der Waals surface area contributed by atoms with Crippen molar-refractivity contribution >= 4 is 35.1 Å². The van der Waals surface area contributed by atoms with Gasteiger partial charge in [-0.3, -0.25) is 14.9 Å². The molecule has 2 atom stereocenters. The standard InChI is InChI=1S/C39H49Cl2N5O2/c1-7-48-33-25-34(37(2,3)4)42-26-32(33)35-43-38(5,27-11-15-29(40)16-12-27)39(6,28-13-17-30(41)18-14-28)46(35)36(47)45-23-19-31(20-24-45)44-21-9-8-10-22-44/h11-18,25-26,31H,7-10,19-24H2,1-6H3/t38-,39+/m0/s1. The van der Waals surface area contributed by atoms with E-state index >= 15 is 4.79 Å². The molecule has 2 saturated heterocycles. The highest BCUT2D eigenvalue weighted by atomic mass is 35.5. The van der Waals surface area contributed by atoms with Crippen molar-refractivity contribution in [1.29, 1.82) is 0 Å². The molecule has 1 aromatic heterocycles. The number of aliphatic imine (C=N–C) groups is 1. The van der Waals surface area contributed by atoms with Crippen LogP contribution in [0.4, 0.5) is 4.79 Å². The molecule has 0 radical (unpaired) electrons. The number of urea groups is 1. The van der Waals surface area contributed by atoms with Crippen molar-refractivity contribution in [3.63, 3.8) is 0 Å². The monoisotopic (exact) mass is 689 g/mol. The average Bonchev–Trinajstić information content (AvgIpc) is 3.33. The van der Waals surface area contributed by atoms with Gasteiger partial charge in [0.1, 0.15) is 22.7 Å². The summed E-state index contributed by atoms with van der Waals surface area (Å²) in [6.45, 7) is 16.8. The van der Waals surface area contributed by atoms with Crippen LogP contribution in [0, 0.1) is 0 Å². The lowest BCUT2D eigenvalue weighted by Crippen LogP contribution is -2.60. The van der Waals surface area contributed by atoms with Crippen LogP contribution in [-0.4, -0.2) is 70.4 Å². The predicted octanol–water partition coefficient (Wildman–Crippen LogP) is 9.05. The third-order valence-corrected chi connectivity index (χ3v) is 11.3. The Hall–Kier alpha value is -3.13. The normalized spacial score (nSPS) is 24.1. The molecule has 48 heavy (non-hydrogen) atoms. The first kappa shape index (κ1) is 34.7. The maximum atomic E-state index is 15.2. The summed E-state index contributed by atoms with van der Waals surface area (Å²) in [5, 5.41) is 1.27. The number of hydrogen-bond donors (Lipinski definition) is 0. The molecule has 2 aromatic carbocycles. The molecule has 9 heteroatoms. The molecular formula is C39H49Cl2N5O2. The highest BCUT2D eigenvalue weighted by Crippen LogP contribution is 2.54. The van der Waals surface area contributed by atoms with Gasteiger partial charge in [0.15, 0.2) is 0 Å². The lowest BCUT2D eigenvalue weighted by atomic mass is 9.71. The Morgan fingerprint density at radius 3 is 2.04 bits per heavy atom. The molecule has 3 aliphatic rings. The lowest BCUT2D eigenvalue weighted by Gasteiger charge is -2.48. The smallest absolute Gasteiger partial charge is 0.326 e. The summed E-state index contributed by atoms with van der Waals surface area (Å²) in [6, 6.07) is 18.1. The Bertz CT molecular complexity index is 1640. The first-order valence-electron chi connectivity index (χ1n) is 17.5. The van der Waals surface area contributed by atoms with E-state index in [0.717, 1.165) is 42.8 Å². The fourth-order valence-corrected chi connectivity index (χ4v) is 7.96. The summed E-state index contributed by atoms with van der Waals surface area (Å²) < 4.78 is 6.31. The van der Waals surface area contributed by atoms with Crippen molar-refractivity contribution in [2.24, 2.45) is 4.99 Å². The number of carbonyl (C=O) groups is 1. The Kier molecular flexibility index (Phi) is 9.87. The zero-order valence-electron chi connectivity index (χ0n) is 29.2. The number of benzene rings is 2. The molecule has 2 amide bonds. The Morgan fingerprint density at radius 2 is 1.48 bits per heavy atom. The molecule has 0 unspecified atom stereocenters. The quantitative estimate of drug-likeness (QED) is 0.259. The van der Waals surface area contributed by atoms with E-state index in [0.29, 0.717) is 52.9 Å². The zero-order chi connectivity index (χ0) is 34.3. The number of amidine groups is 1. The van der Waals surface area contributed by atoms with Gasteiger partial charge >= 0.3 is 6.03 Å². The minimum Gasteiger partial charge on any atom is -0.493 e. The van der Waals surface area contributed by atoms with Crippen LogP contribution in [0.3, 0.4) is 0 Å². The van der Waals surface area contributed by atoms with E-state index in [2.05, 4.69) is 39.5 Å². The van der Waals surface area contributed by atoms with E-state index in [1.807, 2.05) is 77.5 Å². The van der Waals surface area contributed by atoms with E-state index in [4.69, 9.17) is 37.9 Å². The summed E-state index contributed by atoms with van der Waals surface area (Å²) in [5.74, 6) is 1.21. The second-order valence-electron chi connectivity index (χ2n) is 14.8. The molecule has 0 spiro atoms. The fraction of sp³-hybridized carbons (Fsp3) is 0.513. The zero-order valence-corrected chi connectivity index (χ0v) is 30.7. The number of hydrogen-bond acceptors (Lipinski definition) is 5. The van der Waals surface area contributed by atoms with Gasteiger partial charge in [-0.25, -0.2) is 4.79 Å². The number of piperidine rings is 2. The molecule has 0 bridgehead atoms. The maximum Gasteiger partial charge on any atom is 0.326 e. The minimum atomic E-state index is -0.951. The molecule has 6 rings (SSSR count). The summed E-state index contributed by atoms with van der Waals surface area (Å²) in [7, 11) is 0. The van der Waals surface area contributed by atoms with Gasteiger partial charge in [0.25, 0.3) is 0 Å². The van der Waals surface area contributed by atoms with E-state index in [9.17, 15) is 0 Å². The molecular weight excluding hydrogens is 641 g/mol. The van der Waals surface area contributed by atoms with Crippen molar-refractivity contribution in [2.75, 3.05) is 32.8 Å². The van der Waals surface area contributed by atoms with Crippen LogP contribution in [0.5, 0.6) is 5.75 Å². The fourth-order valence-electron chi connectivity index (χ4n) is 7.70. The minimum absolute atomic E-state index is 0.0664. The van der Waals surface area contributed by atoms with Crippen LogP contribution in [-0.2, 0) is 16.5 Å². The van der Waals surface area contributed by atoms with Crippen molar-refractivity contribution in [3.8, 4) is 5.75 Å². The Morgan fingerprint density at radius 1 is 0.896 bits per heavy atom. The molecule has 3 aliphatic heterocycles. The summed E-state index contributed by atoms with van der Waals surface area (Å²) >= 11 is 12.8. The topological polar surface area (TPSA) is 61.3 Å². The number of ether oxygens (including phenoxy) is 1. The van der Waals surface area contributed by atoms with Gasteiger partial charge in [0.05, 0.1) is 12.2 Å². The van der Waals surface area contributed by atoms with Gasteiger partial charge in [-0.05, 0) is 94.9 Å². The number of aromatic nitrogens is 1. The Labute approximate surface area is 296 Å². The third-order valence-electron chi connectivity index (χ3n) is 10.8. The van der Waals surface area contributed by atoms with Crippen LogP contribution in [0.15, 0.2) is 65.8 Å². The number of rotatable bonds is 6. The first-order chi connectivity index (χ1) is 22.9. The number of likely N-dealkylation sites (tertiary alicyclic amines) is 2. The van der Waals surface area contributed by atoms with Gasteiger partial charge in [-0.2, -0.15) is 0 Å². The summed E-state index contributed by atoms with van der Waals surface area (Å²) in [4.78, 5) is 32.3. The highest BCUT2D eigenvalue weighted by molar-refractivity contribution is 6.30. The number of nitrogens with zero attached hydrogens (tertiary/aromatic N) is 5. The van der Waals surface area contributed by atoms with Gasteiger partial charge in [-0.15, -0.1) is 0 Å². The van der Waals surface area contributed by atoms with Crippen LogP contribution in [0.25, 0.3) is 0 Å². The van der Waals surface area contributed by atoms with Gasteiger partial charge < -0.3 is 14.5 Å². The van der Waals surface area contributed by atoms with Gasteiger partial charge in [0, 0.05) is 52.5 Å². The van der Waals surface area contributed by atoms with Gasteiger partial charge in [-0.1, -0.05) is 74.7 Å². The average molecular weight is 691 g/mol. The van der Waals surface area contributed by atoms with Crippen LogP contribution in [0.1, 0.15) is 96.0 Å². The molecule has 3 aromatic rings. The Balaban J connectivity index is 1.51. The first-order valence-corrected chi connectivity index (χ1v) is 18.2. The summed E-state index contributed by atoms with van der Waals surface area (Å²) in [6.07, 6.45) is 7.60. The predicted molar refractivity (Wildman–Crippen MR) is 196 cm³/mol. The maximum absolute atomic E-state index is 15.2. The molecule has 0 N–H and O–H groups in total.